The number of aliphatic hydroxyl groups is 2. The summed E-state index contributed by atoms with van der Waals surface area (Å²) in [5, 5.41) is 18.8. The van der Waals surface area contributed by atoms with Gasteiger partial charge in [-0.05, 0) is 0 Å². The number of hydrogen-bond donors (Lipinski definition) is 4. The van der Waals surface area contributed by atoms with Gasteiger partial charge in [-0.25, -0.2) is 4.98 Å². The van der Waals surface area contributed by atoms with Crippen LogP contribution in [0.15, 0.2) is 11.1 Å². The molecule has 3 atom stereocenters. The lowest BCUT2D eigenvalue weighted by atomic mass is 10.2. The second kappa shape index (κ2) is 5.17. The van der Waals surface area contributed by atoms with Crippen molar-refractivity contribution in [3.05, 3.63) is 16.7 Å². The summed E-state index contributed by atoms with van der Waals surface area (Å²) in [6, 6.07) is 0. The van der Waals surface area contributed by atoms with E-state index >= 15 is 0 Å². The molecule has 0 amide bonds. The van der Waals surface area contributed by atoms with Crippen molar-refractivity contribution < 1.29 is 20.4 Å². The summed E-state index contributed by atoms with van der Waals surface area (Å²) in [6.07, 6.45) is -0.270. The van der Waals surface area contributed by atoms with Gasteiger partial charge in [0.05, 0.1) is 19.0 Å². The maximum absolute atomic E-state index is 11.6. The molecule has 3 rings (SSSR count). The number of rotatable bonds is 2. The first kappa shape index (κ1) is 14.4. The number of aromatic amines is 1. The molecule has 20 heavy (non-hydrogen) atoms. The minimum absolute atomic E-state index is 0. The predicted molar refractivity (Wildman–Crippen MR) is 67.8 cm³/mol. The summed E-state index contributed by atoms with van der Waals surface area (Å²) in [5.41, 5.74) is 5.50. The minimum Gasteiger partial charge on any atom is -0.412 e. The van der Waals surface area contributed by atoms with Crippen molar-refractivity contribution in [3.8, 4) is 0 Å². The number of ether oxygens (including phenoxy) is 1. The Balaban J connectivity index is 0.00000147. The maximum Gasteiger partial charge on any atom is 0.280 e. The van der Waals surface area contributed by atoms with E-state index in [9.17, 15) is 9.90 Å². The summed E-state index contributed by atoms with van der Waals surface area (Å²) < 4.78 is 7.01. The van der Waals surface area contributed by atoms with Crippen LogP contribution in [0, 0.1) is 0 Å². The second-order valence-corrected chi connectivity index (χ2v) is 4.39. The summed E-state index contributed by atoms with van der Waals surface area (Å²) in [6.45, 7) is -0.277. The Morgan fingerprint density at radius 3 is 3.00 bits per heavy atom. The average Bonchev–Trinajstić information content (AvgIpc) is 2.92. The minimum atomic E-state index is -0.771. The number of nitrogens with one attached hydrogen (secondary N) is 1. The molecule has 0 aliphatic carbocycles. The van der Waals surface area contributed by atoms with Crippen LogP contribution in [0.1, 0.15) is 12.6 Å². The van der Waals surface area contributed by atoms with Crippen molar-refractivity contribution in [1.29, 1.82) is 0 Å². The molecule has 1 aliphatic rings. The van der Waals surface area contributed by atoms with Gasteiger partial charge in [-0.3, -0.25) is 14.3 Å². The van der Waals surface area contributed by atoms with Crippen molar-refractivity contribution >= 4 is 17.1 Å². The number of aromatic nitrogens is 4. The third kappa shape index (κ3) is 2.14. The fourth-order valence-corrected chi connectivity index (χ4v) is 2.20. The Kier molecular flexibility index (Phi) is 3.72. The lowest BCUT2D eigenvalue weighted by Crippen LogP contribution is -2.24. The Hall–Kier alpha value is -2.01. The number of anilines is 1. The smallest absolute Gasteiger partial charge is 0.280 e. The number of aliphatic hydroxyl groups excluding tert-OH is 2. The van der Waals surface area contributed by atoms with Crippen molar-refractivity contribution in [1.82, 2.24) is 19.5 Å². The molecule has 1 fully saturated rings. The van der Waals surface area contributed by atoms with Crippen LogP contribution < -0.4 is 11.3 Å². The highest BCUT2D eigenvalue weighted by Crippen LogP contribution is 2.30. The molecule has 10 heteroatoms. The van der Waals surface area contributed by atoms with E-state index < -0.39 is 24.0 Å². The van der Waals surface area contributed by atoms with Gasteiger partial charge in [-0.1, -0.05) is 0 Å². The Morgan fingerprint density at radius 1 is 1.60 bits per heavy atom. The number of H-pyrrole nitrogens is 1. The fraction of sp³-hybridized carbons (Fsp3) is 0.500. The van der Waals surface area contributed by atoms with E-state index in [1.807, 2.05) is 0 Å². The number of nitrogen functional groups attached to an aromatic ring is 1. The summed E-state index contributed by atoms with van der Waals surface area (Å²) in [7, 11) is 0. The molecule has 2 aromatic heterocycles. The molecule has 3 heterocycles. The van der Waals surface area contributed by atoms with Gasteiger partial charge in [0.15, 0.2) is 11.2 Å². The first-order valence-electron chi connectivity index (χ1n) is 5.77. The number of nitrogens with zero attached hydrogens (tertiary/aromatic N) is 3. The predicted octanol–water partition coefficient (Wildman–Crippen LogP) is -2.48. The van der Waals surface area contributed by atoms with Crippen molar-refractivity contribution in [2.24, 2.45) is 0 Å². The molecule has 0 unspecified atom stereocenters. The van der Waals surface area contributed by atoms with Gasteiger partial charge in [-0.15, -0.1) is 0 Å². The van der Waals surface area contributed by atoms with Gasteiger partial charge in [0.2, 0.25) is 5.95 Å². The standard InChI is InChI=1S/C10H13N5O4.H2O/c11-10-13-8-7(9(18)14-10)12-3-15(8)6-1-4(17)5(2-16)19-6;/h3-6,16-17H,1-2H2,(H3,11,13,14,18);1H2/t4-,5+,6-;/m0./s1. The first-order valence-corrected chi connectivity index (χ1v) is 5.77. The molecular formula is C10H15N5O5. The van der Waals surface area contributed by atoms with Crippen molar-refractivity contribution in [3.63, 3.8) is 0 Å². The maximum atomic E-state index is 11.6. The molecular weight excluding hydrogens is 270 g/mol. The number of fused-ring (bicyclic) bond motifs is 1. The van der Waals surface area contributed by atoms with Crippen LogP contribution in [0.4, 0.5) is 5.95 Å². The first-order chi connectivity index (χ1) is 9.10. The molecule has 0 saturated carbocycles. The van der Waals surface area contributed by atoms with E-state index in [4.69, 9.17) is 15.6 Å². The number of imidazole rings is 1. The molecule has 0 bridgehead atoms. The molecule has 1 saturated heterocycles. The van der Waals surface area contributed by atoms with Crippen molar-refractivity contribution in [2.45, 2.75) is 24.9 Å². The van der Waals surface area contributed by atoms with Crippen LogP contribution >= 0.6 is 0 Å². The topological polar surface area (TPSA) is 171 Å². The summed E-state index contributed by atoms with van der Waals surface area (Å²) >= 11 is 0. The van der Waals surface area contributed by atoms with Crippen LogP contribution in [0.3, 0.4) is 0 Å². The highest BCUT2D eigenvalue weighted by atomic mass is 16.5. The highest BCUT2D eigenvalue weighted by molar-refractivity contribution is 5.70. The van der Waals surface area contributed by atoms with E-state index in [2.05, 4.69) is 15.0 Å². The Morgan fingerprint density at radius 2 is 2.35 bits per heavy atom. The molecule has 2 aromatic rings. The Labute approximate surface area is 112 Å². The van der Waals surface area contributed by atoms with Crippen LogP contribution in [-0.4, -0.2) is 54.0 Å². The summed E-state index contributed by atoms with van der Waals surface area (Å²) in [5.74, 6) is -0.0171. The monoisotopic (exact) mass is 285 g/mol. The lowest BCUT2D eigenvalue weighted by Gasteiger charge is -2.13. The highest BCUT2D eigenvalue weighted by Gasteiger charge is 2.35. The largest absolute Gasteiger partial charge is 0.412 e. The van der Waals surface area contributed by atoms with Crippen LogP contribution in [0.25, 0.3) is 11.2 Å². The van der Waals surface area contributed by atoms with Gasteiger partial charge in [0.25, 0.3) is 5.56 Å². The molecule has 1 aliphatic heterocycles. The van der Waals surface area contributed by atoms with Crippen LogP contribution in [-0.2, 0) is 4.74 Å². The van der Waals surface area contributed by atoms with Gasteiger partial charge >= 0.3 is 0 Å². The van der Waals surface area contributed by atoms with E-state index in [1.54, 1.807) is 0 Å². The van der Waals surface area contributed by atoms with E-state index in [1.165, 1.54) is 10.9 Å². The molecule has 10 nitrogen and oxygen atoms in total. The molecule has 110 valence electrons. The Bertz CT molecular complexity index is 668. The SMILES string of the molecule is Nc1nc2c(ncn2[C@@H]2C[C@H](O)[C@@H](CO)O2)c(=O)[nH]1.O. The van der Waals surface area contributed by atoms with Gasteiger partial charge < -0.3 is 26.2 Å². The zero-order valence-electron chi connectivity index (χ0n) is 10.4. The number of nitrogens with two attached hydrogens (primary N) is 1. The average molecular weight is 285 g/mol. The van der Waals surface area contributed by atoms with E-state index in [-0.39, 0.29) is 35.6 Å². The summed E-state index contributed by atoms with van der Waals surface area (Å²) in [4.78, 5) is 22.0. The second-order valence-electron chi connectivity index (χ2n) is 4.39. The normalized spacial score (nSPS) is 25.8. The van der Waals surface area contributed by atoms with E-state index in [0.717, 1.165) is 0 Å². The van der Waals surface area contributed by atoms with E-state index in [0.29, 0.717) is 0 Å². The molecule has 0 aromatic carbocycles. The van der Waals surface area contributed by atoms with Crippen LogP contribution in [0.5, 0.6) is 0 Å². The molecule has 0 radical (unpaired) electrons. The lowest BCUT2D eigenvalue weighted by molar-refractivity contribution is -0.0432. The molecule has 0 spiro atoms. The third-order valence-electron chi connectivity index (χ3n) is 3.15. The molecule has 7 N–H and O–H groups in total. The van der Waals surface area contributed by atoms with Crippen molar-refractivity contribution in [2.75, 3.05) is 12.3 Å². The zero-order valence-corrected chi connectivity index (χ0v) is 10.4. The van der Waals surface area contributed by atoms with Gasteiger partial charge in [0, 0.05) is 6.42 Å². The van der Waals surface area contributed by atoms with Gasteiger partial charge in [-0.2, -0.15) is 4.98 Å². The quantitative estimate of drug-likeness (QED) is 0.473. The fourth-order valence-electron chi connectivity index (χ4n) is 2.20. The van der Waals surface area contributed by atoms with Crippen LogP contribution in [0.2, 0.25) is 0 Å². The third-order valence-corrected chi connectivity index (χ3v) is 3.15. The van der Waals surface area contributed by atoms with Gasteiger partial charge in [0.1, 0.15) is 12.3 Å². The zero-order chi connectivity index (χ0) is 13.6. The number of hydrogen-bond acceptors (Lipinski definition) is 7.